The lowest BCUT2D eigenvalue weighted by Gasteiger charge is -2.14. The van der Waals surface area contributed by atoms with Crippen molar-refractivity contribution >= 4 is 12.0 Å². The molecule has 2 heterocycles. The quantitative estimate of drug-likeness (QED) is 0.680. The highest BCUT2D eigenvalue weighted by Gasteiger charge is 2.33. The fourth-order valence-electron chi connectivity index (χ4n) is 2.85. The minimum absolute atomic E-state index is 0.0729. The second kappa shape index (κ2) is 8.97. The van der Waals surface area contributed by atoms with Gasteiger partial charge in [-0.3, -0.25) is 14.7 Å². The average Bonchev–Trinajstić information content (AvgIpc) is 3.02. The molecule has 0 N–H and O–H groups in total. The largest absolute Gasteiger partial charge is 0.444 e. The van der Waals surface area contributed by atoms with Crippen molar-refractivity contribution in [3.05, 3.63) is 42.1 Å². The zero-order valence-corrected chi connectivity index (χ0v) is 16.2. The van der Waals surface area contributed by atoms with Crippen LogP contribution in [-0.2, 0) is 16.1 Å². The number of aromatic nitrogens is 2. The number of alkyl halides is 2. The predicted molar refractivity (Wildman–Crippen MR) is 98.0 cm³/mol. The van der Waals surface area contributed by atoms with Gasteiger partial charge in [-0.2, -0.15) is 8.78 Å². The number of ether oxygens (including phenoxy) is 2. The van der Waals surface area contributed by atoms with Crippen molar-refractivity contribution in [1.82, 2.24) is 19.8 Å². The van der Waals surface area contributed by atoms with E-state index in [1.165, 1.54) is 28.3 Å². The van der Waals surface area contributed by atoms with Crippen LogP contribution in [0.5, 0.6) is 5.75 Å². The maximum absolute atomic E-state index is 13.6. The molecule has 3 rings (SSSR count). The molecule has 0 saturated carbocycles. The molecule has 30 heavy (non-hydrogen) atoms. The van der Waals surface area contributed by atoms with Crippen molar-refractivity contribution < 1.29 is 32.2 Å². The normalized spacial score (nSPS) is 16.0. The summed E-state index contributed by atoms with van der Waals surface area (Å²) in [5, 5.41) is 0. The maximum Gasteiger partial charge on any atom is 0.410 e. The minimum atomic E-state index is -3.17. The van der Waals surface area contributed by atoms with Crippen LogP contribution in [0.3, 0.4) is 0 Å². The maximum atomic E-state index is 13.6. The average molecular weight is 424 g/mol. The minimum Gasteiger partial charge on any atom is -0.444 e. The van der Waals surface area contributed by atoms with E-state index in [9.17, 15) is 22.8 Å². The number of benzene rings is 1. The van der Waals surface area contributed by atoms with E-state index < -0.39 is 30.4 Å². The third kappa shape index (κ3) is 5.16. The Kier molecular flexibility index (Phi) is 6.38. The molecule has 1 atom stereocenters. The number of nitrogens with zero attached hydrogens (tertiary/aromatic N) is 4. The van der Waals surface area contributed by atoms with E-state index in [0.29, 0.717) is 17.0 Å². The highest BCUT2D eigenvalue weighted by atomic mass is 19.3. The molecule has 2 aromatic rings. The number of hydrogen-bond donors (Lipinski definition) is 0. The van der Waals surface area contributed by atoms with Crippen molar-refractivity contribution in [1.29, 1.82) is 0 Å². The molecule has 1 saturated heterocycles. The van der Waals surface area contributed by atoms with Crippen molar-refractivity contribution in [2.45, 2.75) is 25.7 Å². The predicted octanol–water partition coefficient (Wildman–Crippen LogP) is 2.68. The first-order chi connectivity index (χ1) is 14.2. The molecule has 1 unspecified atom stereocenters. The zero-order chi connectivity index (χ0) is 21.8. The van der Waals surface area contributed by atoms with Crippen LogP contribution in [0.4, 0.5) is 18.0 Å². The molecule has 0 aliphatic carbocycles. The van der Waals surface area contributed by atoms with Crippen LogP contribution in [0.2, 0.25) is 0 Å². The molecular formula is C19H19F3N4O4. The summed E-state index contributed by atoms with van der Waals surface area (Å²) in [6.07, 6.45) is 1.75. The van der Waals surface area contributed by atoms with Gasteiger partial charge in [0, 0.05) is 19.7 Å². The van der Waals surface area contributed by atoms with Crippen LogP contribution < -0.4 is 4.74 Å². The van der Waals surface area contributed by atoms with E-state index in [4.69, 9.17) is 4.74 Å². The first-order valence-corrected chi connectivity index (χ1v) is 8.94. The van der Waals surface area contributed by atoms with E-state index in [0.717, 1.165) is 12.1 Å². The molecule has 1 fully saturated rings. The molecule has 0 bridgehead atoms. The molecule has 1 aliphatic rings. The first kappa shape index (κ1) is 21.3. The SMILES string of the molecule is CN(C)C(=O)CC1CN(Cc2cncc(-c3ccc(F)c(OC(F)F)c3)n2)C(=O)O1. The number of carbonyl (C=O) groups is 2. The first-order valence-electron chi connectivity index (χ1n) is 8.94. The molecule has 11 heteroatoms. The Morgan fingerprint density at radius 2 is 2.13 bits per heavy atom. The molecular weight excluding hydrogens is 405 g/mol. The number of amides is 2. The van der Waals surface area contributed by atoms with Gasteiger partial charge in [-0.05, 0) is 18.2 Å². The summed E-state index contributed by atoms with van der Waals surface area (Å²) in [7, 11) is 3.23. The number of rotatable bonds is 7. The molecule has 0 radical (unpaired) electrons. The lowest BCUT2D eigenvalue weighted by molar-refractivity contribution is -0.130. The Bertz CT molecular complexity index is 942. The third-order valence-electron chi connectivity index (χ3n) is 4.33. The van der Waals surface area contributed by atoms with Crippen molar-refractivity contribution in [2.75, 3.05) is 20.6 Å². The van der Waals surface area contributed by atoms with Crippen LogP contribution >= 0.6 is 0 Å². The van der Waals surface area contributed by atoms with Gasteiger partial charge in [0.2, 0.25) is 5.91 Å². The van der Waals surface area contributed by atoms with Crippen molar-refractivity contribution in [2.24, 2.45) is 0 Å². The Balaban J connectivity index is 1.72. The van der Waals surface area contributed by atoms with E-state index in [1.807, 2.05) is 0 Å². The smallest absolute Gasteiger partial charge is 0.410 e. The van der Waals surface area contributed by atoms with Gasteiger partial charge in [-0.25, -0.2) is 14.2 Å². The van der Waals surface area contributed by atoms with Crippen molar-refractivity contribution in [3.8, 4) is 17.0 Å². The Morgan fingerprint density at radius 3 is 2.83 bits per heavy atom. The molecule has 0 spiro atoms. The zero-order valence-electron chi connectivity index (χ0n) is 16.2. The van der Waals surface area contributed by atoms with E-state index in [1.54, 1.807) is 14.1 Å². The lowest BCUT2D eigenvalue weighted by Crippen LogP contribution is -2.29. The van der Waals surface area contributed by atoms with E-state index in [2.05, 4.69) is 14.7 Å². The lowest BCUT2D eigenvalue weighted by atomic mass is 10.1. The van der Waals surface area contributed by atoms with Gasteiger partial charge >= 0.3 is 12.7 Å². The van der Waals surface area contributed by atoms with Gasteiger partial charge in [0.05, 0.1) is 43.3 Å². The Morgan fingerprint density at radius 1 is 1.37 bits per heavy atom. The van der Waals surface area contributed by atoms with Gasteiger partial charge in [-0.1, -0.05) is 0 Å². The molecule has 8 nitrogen and oxygen atoms in total. The van der Waals surface area contributed by atoms with Gasteiger partial charge in [0.25, 0.3) is 0 Å². The van der Waals surface area contributed by atoms with Crippen molar-refractivity contribution in [3.63, 3.8) is 0 Å². The topological polar surface area (TPSA) is 84.9 Å². The summed E-state index contributed by atoms with van der Waals surface area (Å²) < 4.78 is 47.9. The molecule has 160 valence electrons. The monoisotopic (exact) mass is 424 g/mol. The summed E-state index contributed by atoms with van der Waals surface area (Å²) in [6, 6.07) is 3.45. The second-order valence-corrected chi connectivity index (χ2v) is 6.80. The van der Waals surface area contributed by atoms with E-state index in [-0.39, 0.29) is 25.4 Å². The highest BCUT2D eigenvalue weighted by Crippen LogP contribution is 2.27. The third-order valence-corrected chi connectivity index (χ3v) is 4.33. The van der Waals surface area contributed by atoms with Gasteiger partial charge < -0.3 is 14.4 Å². The summed E-state index contributed by atoms with van der Waals surface area (Å²) in [6.45, 7) is -2.87. The van der Waals surface area contributed by atoms with Gasteiger partial charge in [0.15, 0.2) is 11.6 Å². The fraction of sp³-hybridized carbons (Fsp3) is 0.368. The Hall–Kier alpha value is -3.37. The molecule has 1 aromatic heterocycles. The summed E-state index contributed by atoms with van der Waals surface area (Å²) in [4.78, 5) is 35.1. The van der Waals surface area contributed by atoms with Crippen LogP contribution in [0, 0.1) is 5.82 Å². The summed E-state index contributed by atoms with van der Waals surface area (Å²) in [5.74, 6) is -1.69. The molecule has 1 aromatic carbocycles. The van der Waals surface area contributed by atoms with E-state index >= 15 is 0 Å². The van der Waals surface area contributed by atoms with Crippen LogP contribution in [-0.4, -0.2) is 65.1 Å². The van der Waals surface area contributed by atoms with Gasteiger partial charge in [0.1, 0.15) is 6.10 Å². The molecule has 2 amide bonds. The number of hydrogen-bond acceptors (Lipinski definition) is 6. The second-order valence-electron chi connectivity index (χ2n) is 6.80. The fourth-order valence-corrected chi connectivity index (χ4v) is 2.85. The standard InChI is InChI=1S/C19H19F3N4O4/c1-25(2)17(27)6-13-10-26(19(28)29-13)9-12-7-23-8-15(24-12)11-3-4-14(20)16(5-11)30-18(21)22/h3-5,7-8,13,18H,6,9-10H2,1-2H3. The van der Waals surface area contributed by atoms with Crippen LogP contribution in [0.25, 0.3) is 11.3 Å². The summed E-state index contributed by atoms with van der Waals surface area (Å²) >= 11 is 0. The number of cyclic esters (lactones) is 1. The Labute approximate surface area is 170 Å². The number of halogens is 3. The number of carbonyl (C=O) groups excluding carboxylic acids is 2. The van der Waals surface area contributed by atoms with Gasteiger partial charge in [-0.15, -0.1) is 0 Å². The van der Waals surface area contributed by atoms with Crippen LogP contribution in [0.15, 0.2) is 30.6 Å². The van der Waals surface area contributed by atoms with Crippen LogP contribution in [0.1, 0.15) is 12.1 Å². The molecule has 1 aliphatic heterocycles. The highest BCUT2D eigenvalue weighted by molar-refractivity contribution is 5.77. The summed E-state index contributed by atoms with van der Waals surface area (Å²) in [5.41, 5.74) is 1.02.